The number of nitrogens with one attached hydrogen (secondary N) is 1. The lowest BCUT2D eigenvalue weighted by Crippen LogP contribution is -2.14. The zero-order chi connectivity index (χ0) is 17.0. The molecule has 2 rings (SSSR count). The predicted octanol–water partition coefficient (Wildman–Crippen LogP) is 4.22. The quantitative estimate of drug-likeness (QED) is 0.768. The molecule has 0 radical (unpaired) electrons. The van der Waals surface area contributed by atoms with Crippen molar-refractivity contribution in [3.63, 3.8) is 0 Å². The SMILES string of the molecule is CC(C)COc1ccc(NS(=O)(=O)c2cccnc2Cl)cc1Cl. The summed E-state index contributed by atoms with van der Waals surface area (Å²) in [6.45, 7) is 4.57. The fourth-order valence-electron chi connectivity index (χ4n) is 1.72. The van der Waals surface area contributed by atoms with Gasteiger partial charge in [-0.15, -0.1) is 0 Å². The second-order valence-corrected chi connectivity index (χ2v) is 7.66. The molecule has 0 aliphatic carbocycles. The van der Waals surface area contributed by atoms with Crippen molar-refractivity contribution >= 4 is 38.9 Å². The molecule has 2 aromatic rings. The van der Waals surface area contributed by atoms with Gasteiger partial charge in [-0.25, -0.2) is 13.4 Å². The van der Waals surface area contributed by atoms with Crippen LogP contribution in [0.3, 0.4) is 0 Å². The van der Waals surface area contributed by atoms with Gasteiger partial charge >= 0.3 is 0 Å². The van der Waals surface area contributed by atoms with E-state index in [4.69, 9.17) is 27.9 Å². The molecule has 8 heteroatoms. The van der Waals surface area contributed by atoms with Crippen LogP contribution >= 0.6 is 23.2 Å². The Labute approximate surface area is 145 Å². The van der Waals surface area contributed by atoms with Gasteiger partial charge < -0.3 is 4.74 Å². The van der Waals surface area contributed by atoms with Crippen LogP contribution in [0.4, 0.5) is 5.69 Å². The molecule has 0 aliphatic rings. The monoisotopic (exact) mass is 374 g/mol. The standard InChI is InChI=1S/C15H16Cl2N2O3S/c1-10(2)9-22-13-6-5-11(8-12(13)16)19-23(20,21)14-4-3-7-18-15(14)17/h3-8,10,19H,9H2,1-2H3. The molecule has 23 heavy (non-hydrogen) atoms. The van der Waals surface area contributed by atoms with E-state index < -0.39 is 10.0 Å². The maximum Gasteiger partial charge on any atom is 0.264 e. The number of halogens is 2. The number of hydrogen-bond donors (Lipinski definition) is 1. The van der Waals surface area contributed by atoms with Gasteiger partial charge in [-0.1, -0.05) is 37.0 Å². The number of sulfonamides is 1. The Morgan fingerprint density at radius 2 is 2.00 bits per heavy atom. The van der Waals surface area contributed by atoms with E-state index in [1.54, 1.807) is 12.1 Å². The smallest absolute Gasteiger partial charge is 0.264 e. The third-order valence-corrected chi connectivity index (χ3v) is 4.89. The molecule has 0 aliphatic heterocycles. The van der Waals surface area contributed by atoms with Gasteiger partial charge in [0.15, 0.2) is 0 Å². The molecule has 0 spiro atoms. The second-order valence-electron chi connectivity index (χ2n) is 5.25. The molecule has 0 atom stereocenters. The van der Waals surface area contributed by atoms with Crippen LogP contribution in [0.25, 0.3) is 0 Å². The van der Waals surface area contributed by atoms with Crippen LogP contribution in [-0.2, 0) is 10.0 Å². The Hall–Kier alpha value is -1.50. The number of benzene rings is 1. The lowest BCUT2D eigenvalue weighted by Gasteiger charge is -2.13. The first kappa shape index (κ1) is 17.8. The Morgan fingerprint density at radius 3 is 2.61 bits per heavy atom. The third kappa shape index (κ3) is 4.73. The van der Waals surface area contributed by atoms with Gasteiger partial charge in [0.2, 0.25) is 0 Å². The summed E-state index contributed by atoms with van der Waals surface area (Å²) in [5.41, 5.74) is 0.312. The molecular formula is C15H16Cl2N2O3S. The van der Waals surface area contributed by atoms with Crippen molar-refractivity contribution in [1.82, 2.24) is 4.98 Å². The van der Waals surface area contributed by atoms with Crippen molar-refractivity contribution in [2.45, 2.75) is 18.7 Å². The lowest BCUT2D eigenvalue weighted by atomic mass is 10.2. The first-order valence-electron chi connectivity index (χ1n) is 6.85. The summed E-state index contributed by atoms with van der Waals surface area (Å²) in [7, 11) is -3.84. The summed E-state index contributed by atoms with van der Waals surface area (Å²) in [5, 5.41) is 0.228. The van der Waals surface area contributed by atoms with Gasteiger partial charge in [-0.05, 0) is 36.2 Å². The molecule has 0 saturated carbocycles. The van der Waals surface area contributed by atoms with Crippen LogP contribution in [0.5, 0.6) is 5.75 Å². The van der Waals surface area contributed by atoms with E-state index in [-0.39, 0.29) is 10.0 Å². The average molecular weight is 375 g/mol. The van der Waals surface area contributed by atoms with Gasteiger partial charge in [0.1, 0.15) is 15.8 Å². The largest absolute Gasteiger partial charge is 0.492 e. The normalized spacial score (nSPS) is 11.5. The zero-order valence-corrected chi connectivity index (χ0v) is 14.9. The number of aromatic nitrogens is 1. The summed E-state index contributed by atoms with van der Waals surface area (Å²) in [5.74, 6) is 0.861. The Kier molecular flexibility index (Phi) is 5.73. The summed E-state index contributed by atoms with van der Waals surface area (Å²) < 4.78 is 32.6. The van der Waals surface area contributed by atoms with E-state index >= 15 is 0 Å². The van der Waals surface area contributed by atoms with Crippen molar-refractivity contribution in [3.8, 4) is 5.75 Å². The summed E-state index contributed by atoms with van der Waals surface area (Å²) in [6.07, 6.45) is 1.42. The number of pyridine rings is 1. The van der Waals surface area contributed by atoms with Crippen molar-refractivity contribution < 1.29 is 13.2 Å². The summed E-state index contributed by atoms with van der Waals surface area (Å²) in [6, 6.07) is 7.55. The van der Waals surface area contributed by atoms with E-state index in [1.165, 1.54) is 24.4 Å². The molecular weight excluding hydrogens is 359 g/mol. The molecule has 124 valence electrons. The number of anilines is 1. The number of ether oxygens (including phenoxy) is 1. The maximum atomic E-state index is 12.3. The lowest BCUT2D eigenvalue weighted by molar-refractivity contribution is 0.271. The molecule has 0 unspecified atom stereocenters. The van der Waals surface area contributed by atoms with E-state index in [1.807, 2.05) is 13.8 Å². The fraction of sp³-hybridized carbons (Fsp3) is 0.267. The Bertz CT molecular complexity index is 795. The van der Waals surface area contributed by atoms with Crippen LogP contribution in [-0.4, -0.2) is 20.0 Å². The number of nitrogens with zero attached hydrogens (tertiary/aromatic N) is 1. The van der Waals surface area contributed by atoms with E-state index in [0.717, 1.165) is 0 Å². The van der Waals surface area contributed by atoms with Gasteiger partial charge in [-0.3, -0.25) is 4.72 Å². The number of hydrogen-bond acceptors (Lipinski definition) is 4. The summed E-state index contributed by atoms with van der Waals surface area (Å²) >= 11 is 11.9. The first-order chi connectivity index (χ1) is 10.8. The zero-order valence-electron chi connectivity index (χ0n) is 12.6. The van der Waals surface area contributed by atoms with Crippen molar-refractivity contribution in [2.24, 2.45) is 5.92 Å². The van der Waals surface area contributed by atoms with Gasteiger partial charge in [-0.2, -0.15) is 0 Å². The molecule has 0 fully saturated rings. The Morgan fingerprint density at radius 1 is 1.26 bits per heavy atom. The van der Waals surface area contributed by atoms with Crippen LogP contribution < -0.4 is 9.46 Å². The maximum absolute atomic E-state index is 12.3. The highest BCUT2D eigenvalue weighted by Gasteiger charge is 2.19. The molecule has 5 nitrogen and oxygen atoms in total. The Balaban J connectivity index is 2.20. The molecule has 0 amide bonds. The number of rotatable bonds is 6. The van der Waals surface area contributed by atoms with Crippen LogP contribution in [0.15, 0.2) is 41.4 Å². The van der Waals surface area contributed by atoms with Gasteiger partial charge in [0.05, 0.1) is 17.3 Å². The highest BCUT2D eigenvalue weighted by molar-refractivity contribution is 7.92. The predicted molar refractivity (Wildman–Crippen MR) is 91.8 cm³/mol. The van der Waals surface area contributed by atoms with Crippen LogP contribution in [0, 0.1) is 5.92 Å². The van der Waals surface area contributed by atoms with Crippen molar-refractivity contribution in [3.05, 3.63) is 46.7 Å². The van der Waals surface area contributed by atoms with E-state index in [9.17, 15) is 8.42 Å². The molecule has 1 aromatic heterocycles. The van der Waals surface area contributed by atoms with Crippen LogP contribution in [0.1, 0.15) is 13.8 Å². The minimum atomic E-state index is -3.84. The van der Waals surface area contributed by atoms with Gasteiger partial charge in [0.25, 0.3) is 10.0 Å². The highest BCUT2D eigenvalue weighted by atomic mass is 35.5. The summed E-state index contributed by atoms with van der Waals surface area (Å²) in [4.78, 5) is 3.66. The van der Waals surface area contributed by atoms with Crippen molar-refractivity contribution in [1.29, 1.82) is 0 Å². The molecule has 1 N–H and O–H groups in total. The molecule has 0 bridgehead atoms. The minimum Gasteiger partial charge on any atom is -0.492 e. The average Bonchev–Trinajstić information content (AvgIpc) is 2.46. The minimum absolute atomic E-state index is 0.0945. The molecule has 1 heterocycles. The van der Waals surface area contributed by atoms with E-state index in [2.05, 4.69) is 9.71 Å². The highest BCUT2D eigenvalue weighted by Crippen LogP contribution is 2.29. The fourth-order valence-corrected chi connectivity index (χ4v) is 3.46. The third-order valence-electron chi connectivity index (χ3n) is 2.77. The van der Waals surface area contributed by atoms with Crippen molar-refractivity contribution in [2.75, 3.05) is 11.3 Å². The van der Waals surface area contributed by atoms with E-state index in [0.29, 0.717) is 29.0 Å². The molecule has 0 saturated heterocycles. The van der Waals surface area contributed by atoms with Gasteiger partial charge in [0, 0.05) is 6.20 Å². The first-order valence-corrected chi connectivity index (χ1v) is 9.09. The second kappa shape index (κ2) is 7.38. The topological polar surface area (TPSA) is 68.3 Å². The van der Waals surface area contributed by atoms with Crippen LogP contribution in [0.2, 0.25) is 10.2 Å². The molecule has 1 aromatic carbocycles.